The molecule has 0 aromatic rings. The van der Waals surface area contributed by atoms with E-state index in [1.165, 1.54) is 12.8 Å². The molecule has 1 aliphatic heterocycles. The van der Waals surface area contributed by atoms with Crippen molar-refractivity contribution in [2.24, 2.45) is 5.92 Å². The van der Waals surface area contributed by atoms with Crippen molar-refractivity contribution in [1.82, 2.24) is 15.1 Å². The predicted molar refractivity (Wildman–Crippen MR) is 71.3 cm³/mol. The van der Waals surface area contributed by atoms with E-state index < -0.39 is 0 Å². The summed E-state index contributed by atoms with van der Waals surface area (Å²) in [4.78, 5) is 27.2. The van der Waals surface area contributed by atoms with Crippen LogP contribution in [0.1, 0.15) is 32.6 Å². The number of urea groups is 1. The lowest BCUT2D eigenvalue weighted by molar-refractivity contribution is -0.124. The van der Waals surface area contributed by atoms with Gasteiger partial charge < -0.3 is 15.1 Å². The molecular weight excluding hydrogens is 230 g/mol. The zero-order chi connectivity index (χ0) is 13.5. The summed E-state index contributed by atoms with van der Waals surface area (Å²) in [6.45, 7) is 4.00. The number of nitrogens with zero attached hydrogens (tertiary/aromatic N) is 2. The SMILES string of the molecule is CNC(=O)C(C)CN(C)C(=O)N1CCCCCC1. The average molecular weight is 255 g/mol. The van der Waals surface area contributed by atoms with Crippen LogP contribution in [0.5, 0.6) is 0 Å². The largest absolute Gasteiger partial charge is 0.359 e. The fraction of sp³-hybridized carbons (Fsp3) is 0.846. The molecule has 0 aromatic carbocycles. The Morgan fingerprint density at radius 2 is 1.78 bits per heavy atom. The highest BCUT2D eigenvalue weighted by atomic mass is 16.2. The van der Waals surface area contributed by atoms with E-state index in [1.807, 2.05) is 11.8 Å². The molecule has 1 N–H and O–H groups in total. The van der Waals surface area contributed by atoms with Crippen molar-refractivity contribution in [3.63, 3.8) is 0 Å². The maximum absolute atomic E-state index is 12.2. The summed E-state index contributed by atoms with van der Waals surface area (Å²) in [5, 5.41) is 2.61. The quantitative estimate of drug-likeness (QED) is 0.826. The Kier molecular flexibility index (Phi) is 5.95. The van der Waals surface area contributed by atoms with Gasteiger partial charge in [-0.05, 0) is 12.8 Å². The number of likely N-dealkylation sites (tertiary alicyclic amines) is 1. The summed E-state index contributed by atoms with van der Waals surface area (Å²) in [5.41, 5.74) is 0. The summed E-state index contributed by atoms with van der Waals surface area (Å²) in [6, 6.07) is 0.0488. The van der Waals surface area contributed by atoms with Gasteiger partial charge in [0.25, 0.3) is 0 Å². The van der Waals surface area contributed by atoms with Crippen molar-refractivity contribution in [1.29, 1.82) is 0 Å². The van der Waals surface area contributed by atoms with E-state index in [9.17, 15) is 9.59 Å². The van der Waals surface area contributed by atoms with Crippen LogP contribution in [-0.4, -0.2) is 55.5 Å². The van der Waals surface area contributed by atoms with E-state index in [2.05, 4.69) is 5.32 Å². The lowest BCUT2D eigenvalue weighted by atomic mass is 10.1. The summed E-state index contributed by atoms with van der Waals surface area (Å²) in [6.07, 6.45) is 4.60. The molecular formula is C13H25N3O2. The molecule has 1 rings (SSSR count). The van der Waals surface area contributed by atoms with Gasteiger partial charge in [0.2, 0.25) is 5.91 Å². The lowest BCUT2D eigenvalue weighted by Crippen LogP contribution is -2.45. The number of carbonyl (C=O) groups excluding carboxylic acids is 2. The van der Waals surface area contributed by atoms with E-state index in [1.54, 1.807) is 19.0 Å². The highest BCUT2D eigenvalue weighted by Gasteiger charge is 2.22. The predicted octanol–water partition coefficient (Wildman–Crippen LogP) is 1.30. The lowest BCUT2D eigenvalue weighted by Gasteiger charge is -2.28. The van der Waals surface area contributed by atoms with Crippen LogP contribution in [-0.2, 0) is 4.79 Å². The monoisotopic (exact) mass is 255 g/mol. The maximum atomic E-state index is 12.2. The molecule has 5 heteroatoms. The number of amides is 3. The topological polar surface area (TPSA) is 52.7 Å². The van der Waals surface area contributed by atoms with Gasteiger partial charge in [-0.1, -0.05) is 19.8 Å². The summed E-state index contributed by atoms with van der Waals surface area (Å²) >= 11 is 0. The van der Waals surface area contributed by atoms with Crippen molar-refractivity contribution in [2.75, 3.05) is 33.7 Å². The molecule has 0 radical (unpaired) electrons. The third-order valence-corrected chi connectivity index (χ3v) is 3.44. The molecule has 1 atom stereocenters. The Labute approximate surface area is 110 Å². The number of rotatable bonds is 3. The first-order valence-electron chi connectivity index (χ1n) is 6.78. The molecule has 1 fully saturated rings. The molecule has 18 heavy (non-hydrogen) atoms. The summed E-state index contributed by atoms with van der Waals surface area (Å²) < 4.78 is 0. The van der Waals surface area contributed by atoms with Gasteiger partial charge in [0.05, 0.1) is 5.92 Å². The summed E-state index contributed by atoms with van der Waals surface area (Å²) in [5.74, 6) is -0.193. The van der Waals surface area contributed by atoms with Gasteiger partial charge in [-0.25, -0.2) is 4.79 Å². The molecule has 1 aliphatic rings. The molecule has 0 aromatic heterocycles. The second kappa shape index (κ2) is 7.24. The van der Waals surface area contributed by atoms with Crippen molar-refractivity contribution in [2.45, 2.75) is 32.6 Å². The van der Waals surface area contributed by atoms with Crippen LogP contribution in [0, 0.1) is 5.92 Å². The molecule has 1 unspecified atom stereocenters. The van der Waals surface area contributed by atoms with Crippen LogP contribution >= 0.6 is 0 Å². The van der Waals surface area contributed by atoms with E-state index in [4.69, 9.17) is 0 Å². The van der Waals surface area contributed by atoms with Crippen molar-refractivity contribution in [3.8, 4) is 0 Å². The van der Waals surface area contributed by atoms with Crippen LogP contribution in [0.3, 0.4) is 0 Å². The minimum absolute atomic E-state index is 0.0227. The minimum Gasteiger partial charge on any atom is -0.359 e. The van der Waals surface area contributed by atoms with E-state index >= 15 is 0 Å². The normalized spacial score (nSPS) is 17.8. The van der Waals surface area contributed by atoms with Gasteiger partial charge in [-0.2, -0.15) is 0 Å². The van der Waals surface area contributed by atoms with Crippen LogP contribution in [0.4, 0.5) is 4.79 Å². The second-order valence-electron chi connectivity index (χ2n) is 5.08. The Bertz CT molecular complexity index is 286. The van der Waals surface area contributed by atoms with Gasteiger partial charge >= 0.3 is 6.03 Å². The molecule has 5 nitrogen and oxygen atoms in total. The zero-order valence-electron chi connectivity index (χ0n) is 11.7. The fourth-order valence-corrected chi connectivity index (χ4v) is 2.32. The number of carbonyl (C=O) groups is 2. The van der Waals surface area contributed by atoms with E-state index in [0.29, 0.717) is 6.54 Å². The van der Waals surface area contributed by atoms with Crippen molar-refractivity contribution < 1.29 is 9.59 Å². The first kappa shape index (κ1) is 14.8. The fourth-order valence-electron chi connectivity index (χ4n) is 2.32. The standard InChI is InChI=1S/C13H25N3O2/c1-11(12(17)14-2)10-15(3)13(18)16-8-6-4-5-7-9-16/h11H,4-10H2,1-3H3,(H,14,17). The maximum Gasteiger partial charge on any atom is 0.319 e. The molecule has 0 bridgehead atoms. The highest BCUT2D eigenvalue weighted by molar-refractivity contribution is 5.79. The molecule has 0 saturated carbocycles. The van der Waals surface area contributed by atoms with Crippen LogP contribution in [0.25, 0.3) is 0 Å². The molecule has 104 valence electrons. The van der Waals surface area contributed by atoms with Crippen molar-refractivity contribution in [3.05, 3.63) is 0 Å². The minimum atomic E-state index is -0.170. The molecule has 0 spiro atoms. The smallest absolute Gasteiger partial charge is 0.319 e. The Morgan fingerprint density at radius 1 is 1.22 bits per heavy atom. The molecule has 0 aliphatic carbocycles. The van der Waals surface area contributed by atoms with Gasteiger partial charge in [-0.15, -0.1) is 0 Å². The molecule has 1 heterocycles. The van der Waals surface area contributed by atoms with Crippen LogP contribution in [0.2, 0.25) is 0 Å². The molecule has 3 amide bonds. The Balaban J connectivity index is 2.46. The first-order chi connectivity index (χ1) is 8.56. The second-order valence-corrected chi connectivity index (χ2v) is 5.08. The van der Waals surface area contributed by atoms with Crippen molar-refractivity contribution >= 4 is 11.9 Å². The van der Waals surface area contributed by atoms with Crippen LogP contribution in [0.15, 0.2) is 0 Å². The number of hydrogen-bond acceptors (Lipinski definition) is 2. The zero-order valence-corrected chi connectivity index (χ0v) is 11.7. The first-order valence-corrected chi connectivity index (χ1v) is 6.78. The Hall–Kier alpha value is -1.26. The van der Waals surface area contributed by atoms with Gasteiger partial charge in [0.15, 0.2) is 0 Å². The molecule has 1 saturated heterocycles. The van der Waals surface area contributed by atoms with Crippen LogP contribution < -0.4 is 5.32 Å². The third kappa shape index (κ3) is 4.20. The summed E-state index contributed by atoms with van der Waals surface area (Å²) in [7, 11) is 3.39. The van der Waals surface area contributed by atoms with E-state index in [-0.39, 0.29) is 17.9 Å². The average Bonchev–Trinajstić information content (AvgIpc) is 2.65. The van der Waals surface area contributed by atoms with Gasteiger partial charge in [-0.3, -0.25) is 4.79 Å². The Morgan fingerprint density at radius 3 is 2.28 bits per heavy atom. The number of hydrogen-bond donors (Lipinski definition) is 1. The number of nitrogens with one attached hydrogen (secondary N) is 1. The highest BCUT2D eigenvalue weighted by Crippen LogP contribution is 2.12. The van der Waals surface area contributed by atoms with Gasteiger partial charge in [0.1, 0.15) is 0 Å². The van der Waals surface area contributed by atoms with E-state index in [0.717, 1.165) is 25.9 Å². The third-order valence-electron chi connectivity index (χ3n) is 3.44. The van der Waals surface area contributed by atoms with Gasteiger partial charge in [0, 0.05) is 33.7 Å².